The number of fused-ring (bicyclic) bond motifs is 1. The number of nitrogens with zero attached hydrogens (tertiary/aromatic N) is 3. The zero-order valence-electron chi connectivity index (χ0n) is 17.1. The number of benzene rings is 2. The molecule has 2 aromatic carbocycles. The van der Waals surface area contributed by atoms with Crippen molar-refractivity contribution in [1.29, 1.82) is 0 Å². The van der Waals surface area contributed by atoms with Crippen molar-refractivity contribution in [2.45, 2.75) is 50.1 Å². The Morgan fingerprint density at radius 1 is 1.20 bits per heavy atom. The largest absolute Gasteiger partial charge is 0.480 e. The molecule has 1 heterocycles. The number of aryl methyl sites for hydroxylation is 1. The van der Waals surface area contributed by atoms with E-state index >= 15 is 0 Å². The van der Waals surface area contributed by atoms with Gasteiger partial charge in [0, 0.05) is 5.39 Å². The molecule has 30 heavy (non-hydrogen) atoms. The molecule has 0 aliphatic carbocycles. The summed E-state index contributed by atoms with van der Waals surface area (Å²) in [6.07, 6.45) is 0.917. The number of carbonyl (C=O) groups excluding carboxylic acids is 1. The van der Waals surface area contributed by atoms with E-state index in [-0.39, 0.29) is 5.91 Å². The summed E-state index contributed by atoms with van der Waals surface area (Å²) in [5, 5.41) is 22.7. The molecule has 3 aromatic rings. The maximum absolute atomic E-state index is 12.7. The Morgan fingerprint density at radius 2 is 1.87 bits per heavy atom. The van der Waals surface area contributed by atoms with Crippen LogP contribution >= 0.6 is 27.7 Å². The van der Waals surface area contributed by atoms with E-state index in [1.807, 2.05) is 22.8 Å². The molecule has 0 aliphatic heterocycles. The summed E-state index contributed by atoms with van der Waals surface area (Å²) in [6, 6.07) is 11.3. The van der Waals surface area contributed by atoms with Gasteiger partial charge in [0.15, 0.2) is 5.16 Å². The Balaban J connectivity index is 2.02. The number of halogens is 1. The van der Waals surface area contributed by atoms with Gasteiger partial charge in [-0.05, 0) is 60.1 Å². The Hall–Kier alpha value is -2.39. The Kier molecular flexibility index (Phi) is 6.52. The number of rotatable bonds is 7. The lowest BCUT2D eigenvalue weighted by atomic mass is 10.0. The number of carbonyl (C=O) groups is 2. The van der Waals surface area contributed by atoms with Crippen LogP contribution in [0.2, 0.25) is 0 Å². The fourth-order valence-corrected chi connectivity index (χ4v) is 4.60. The molecule has 0 saturated heterocycles. The first kappa shape index (κ1) is 22.3. The summed E-state index contributed by atoms with van der Waals surface area (Å²) in [6.45, 7) is 7.01. The standard InChI is InChI=1S/C21H23BrN4O3S/c1-5-13-10-11-16(15-9-7-6-8-14(13)15)26-19(22)24-25-20(26)30-21(3,4)18(29)23-12(2)17(27)28/h6-12H,5H2,1-4H3,(H,23,29)(H,27,28). The molecular formula is C21H23BrN4O3S. The van der Waals surface area contributed by atoms with Crippen LogP contribution in [0.15, 0.2) is 46.3 Å². The smallest absolute Gasteiger partial charge is 0.325 e. The molecule has 1 atom stereocenters. The van der Waals surface area contributed by atoms with Crippen LogP contribution in [-0.4, -0.2) is 42.5 Å². The molecule has 158 valence electrons. The van der Waals surface area contributed by atoms with E-state index in [1.54, 1.807) is 13.8 Å². The molecule has 0 radical (unpaired) electrons. The van der Waals surface area contributed by atoms with E-state index in [4.69, 9.17) is 5.11 Å². The van der Waals surface area contributed by atoms with E-state index in [0.717, 1.165) is 22.9 Å². The molecule has 1 aromatic heterocycles. The first-order valence-electron chi connectivity index (χ1n) is 9.50. The number of carboxylic acid groups (broad SMARTS) is 1. The molecule has 0 fully saturated rings. The monoisotopic (exact) mass is 490 g/mol. The molecule has 7 nitrogen and oxygen atoms in total. The normalized spacial score (nSPS) is 12.7. The van der Waals surface area contributed by atoms with E-state index in [9.17, 15) is 9.59 Å². The summed E-state index contributed by atoms with van der Waals surface area (Å²) in [7, 11) is 0. The lowest BCUT2D eigenvalue weighted by Crippen LogP contribution is -2.47. The zero-order chi connectivity index (χ0) is 22.1. The second-order valence-electron chi connectivity index (χ2n) is 7.38. The quantitative estimate of drug-likeness (QED) is 0.481. The molecule has 3 rings (SSSR count). The van der Waals surface area contributed by atoms with Crippen molar-refractivity contribution in [3.63, 3.8) is 0 Å². The zero-order valence-corrected chi connectivity index (χ0v) is 19.5. The molecule has 2 N–H and O–H groups in total. The minimum absolute atomic E-state index is 0.390. The van der Waals surface area contributed by atoms with Gasteiger partial charge in [-0.25, -0.2) is 0 Å². The summed E-state index contributed by atoms with van der Waals surface area (Å²) >= 11 is 4.70. The van der Waals surface area contributed by atoms with Crippen molar-refractivity contribution < 1.29 is 14.7 Å². The lowest BCUT2D eigenvalue weighted by molar-refractivity contribution is -0.141. The molecule has 0 aliphatic rings. The number of thioether (sulfide) groups is 1. The van der Waals surface area contributed by atoms with Gasteiger partial charge in [0.05, 0.1) is 10.4 Å². The second kappa shape index (κ2) is 8.77. The van der Waals surface area contributed by atoms with Crippen LogP contribution < -0.4 is 5.32 Å². The number of carboxylic acids is 1. The van der Waals surface area contributed by atoms with Crippen LogP contribution in [0, 0.1) is 0 Å². The van der Waals surface area contributed by atoms with Crippen LogP contribution in [0.4, 0.5) is 0 Å². The maximum atomic E-state index is 12.7. The number of nitrogens with one attached hydrogen (secondary N) is 1. The van der Waals surface area contributed by atoms with Crippen molar-refractivity contribution in [2.75, 3.05) is 0 Å². The Morgan fingerprint density at radius 3 is 2.50 bits per heavy atom. The van der Waals surface area contributed by atoms with Crippen LogP contribution in [-0.2, 0) is 16.0 Å². The van der Waals surface area contributed by atoms with Crippen molar-refractivity contribution in [3.05, 3.63) is 46.7 Å². The van der Waals surface area contributed by atoms with Gasteiger partial charge >= 0.3 is 5.97 Å². The van der Waals surface area contributed by atoms with Gasteiger partial charge in [0.1, 0.15) is 6.04 Å². The fourth-order valence-electron chi connectivity index (χ4n) is 3.08. The molecule has 1 unspecified atom stereocenters. The van der Waals surface area contributed by atoms with Gasteiger partial charge in [-0.3, -0.25) is 14.2 Å². The number of aliphatic carboxylic acids is 1. The van der Waals surface area contributed by atoms with Gasteiger partial charge in [0.2, 0.25) is 10.6 Å². The summed E-state index contributed by atoms with van der Waals surface area (Å²) in [4.78, 5) is 23.8. The van der Waals surface area contributed by atoms with E-state index in [1.165, 1.54) is 24.2 Å². The van der Waals surface area contributed by atoms with E-state index in [0.29, 0.717) is 9.89 Å². The molecular weight excluding hydrogens is 468 g/mol. The van der Waals surface area contributed by atoms with Crippen molar-refractivity contribution >= 4 is 50.3 Å². The second-order valence-corrected chi connectivity index (χ2v) is 9.67. The fraction of sp³-hybridized carbons (Fsp3) is 0.333. The predicted octanol–water partition coefficient (Wildman–Crippen LogP) is 4.21. The Bertz CT molecular complexity index is 1110. The van der Waals surface area contributed by atoms with E-state index in [2.05, 4.69) is 56.6 Å². The summed E-state index contributed by atoms with van der Waals surface area (Å²) in [5.74, 6) is -1.48. The average Bonchev–Trinajstić information content (AvgIpc) is 3.06. The molecule has 9 heteroatoms. The van der Waals surface area contributed by atoms with Crippen molar-refractivity contribution in [2.24, 2.45) is 0 Å². The highest BCUT2D eigenvalue weighted by molar-refractivity contribution is 9.10. The van der Waals surface area contributed by atoms with Crippen molar-refractivity contribution in [1.82, 2.24) is 20.1 Å². The minimum atomic E-state index is -1.09. The Labute approximate surface area is 187 Å². The molecule has 0 saturated carbocycles. The van der Waals surface area contributed by atoms with Crippen LogP contribution in [0.1, 0.15) is 33.3 Å². The summed E-state index contributed by atoms with van der Waals surface area (Å²) < 4.78 is 1.42. The molecule has 0 bridgehead atoms. The average molecular weight is 491 g/mol. The molecule has 0 spiro atoms. The van der Waals surface area contributed by atoms with E-state index < -0.39 is 16.8 Å². The maximum Gasteiger partial charge on any atom is 0.325 e. The number of aromatic nitrogens is 3. The number of amides is 1. The SMILES string of the molecule is CCc1ccc(-n2c(Br)nnc2SC(C)(C)C(=O)NC(C)C(=O)O)c2ccccc12. The van der Waals surface area contributed by atoms with Crippen LogP contribution in [0.5, 0.6) is 0 Å². The third kappa shape index (κ3) is 4.37. The van der Waals surface area contributed by atoms with Gasteiger partial charge in [0.25, 0.3) is 0 Å². The van der Waals surface area contributed by atoms with Crippen molar-refractivity contribution in [3.8, 4) is 5.69 Å². The first-order chi connectivity index (χ1) is 14.2. The third-order valence-corrected chi connectivity index (χ3v) is 6.47. The van der Waals surface area contributed by atoms with Gasteiger partial charge < -0.3 is 10.4 Å². The number of hydrogen-bond acceptors (Lipinski definition) is 5. The van der Waals surface area contributed by atoms with Gasteiger partial charge in [-0.15, -0.1) is 10.2 Å². The predicted molar refractivity (Wildman–Crippen MR) is 121 cm³/mol. The summed E-state index contributed by atoms with van der Waals surface area (Å²) in [5.41, 5.74) is 2.15. The third-order valence-electron chi connectivity index (χ3n) is 4.82. The topological polar surface area (TPSA) is 97.1 Å². The van der Waals surface area contributed by atoms with Gasteiger partial charge in [-0.2, -0.15) is 0 Å². The molecule has 1 amide bonds. The minimum Gasteiger partial charge on any atom is -0.480 e. The number of hydrogen-bond donors (Lipinski definition) is 2. The van der Waals surface area contributed by atoms with Gasteiger partial charge in [-0.1, -0.05) is 49.0 Å². The first-order valence-corrected chi connectivity index (χ1v) is 11.1. The highest BCUT2D eigenvalue weighted by Gasteiger charge is 2.33. The highest BCUT2D eigenvalue weighted by atomic mass is 79.9. The van der Waals surface area contributed by atoms with Crippen LogP contribution in [0.25, 0.3) is 16.5 Å². The highest BCUT2D eigenvalue weighted by Crippen LogP contribution is 2.36. The lowest BCUT2D eigenvalue weighted by Gasteiger charge is -2.24. The van der Waals surface area contributed by atoms with Crippen LogP contribution in [0.3, 0.4) is 0 Å².